The third kappa shape index (κ3) is 3.05. The molecule has 1 aliphatic heterocycles. The van der Waals surface area contributed by atoms with Crippen LogP contribution in [0.4, 0.5) is 5.69 Å². The summed E-state index contributed by atoms with van der Waals surface area (Å²) in [7, 11) is 1.40. The van der Waals surface area contributed by atoms with Crippen molar-refractivity contribution in [3.8, 4) is 0 Å². The number of nitrogens with one attached hydrogen (secondary N) is 1. The van der Waals surface area contributed by atoms with Crippen LogP contribution in [-0.4, -0.2) is 59.7 Å². The van der Waals surface area contributed by atoms with Gasteiger partial charge in [-0.3, -0.25) is 0 Å². The van der Waals surface area contributed by atoms with Crippen molar-refractivity contribution >= 4 is 5.69 Å². The van der Waals surface area contributed by atoms with Crippen molar-refractivity contribution in [3.05, 3.63) is 30.3 Å². The van der Waals surface area contributed by atoms with Gasteiger partial charge in [0.25, 0.3) is 0 Å². The number of rotatable bonds is 4. The number of methoxy groups -OCH3 is 1. The fourth-order valence-corrected chi connectivity index (χ4v) is 2.18. The Labute approximate surface area is 111 Å². The number of aliphatic hydroxyl groups is 3. The number of aliphatic hydroxyl groups excluding tert-OH is 3. The molecule has 1 fully saturated rings. The van der Waals surface area contributed by atoms with Crippen molar-refractivity contribution in [1.82, 2.24) is 0 Å². The zero-order chi connectivity index (χ0) is 13.8. The van der Waals surface area contributed by atoms with E-state index in [4.69, 9.17) is 9.47 Å². The molecule has 4 N–H and O–H groups in total. The minimum absolute atomic E-state index is 0.347. The summed E-state index contributed by atoms with van der Waals surface area (Å²) in [6, 6.07) is 8.53. The van der Waals surface area contributed by atoms with E-state index < -0.39 is 30.6 Å². The lowest BCUT2D eigenvalue weighted by Gasteiger charge is -2.42. The van der Waals surface area contributed by atoms with Gasteiger partial charge in [0.05, 0.1) is 12.6 Å². The van der Waals surface area contributed by atoms with Gasteiger partial charge < -0.3 is 30.1 Å². The van der Waals surface area contributed by atoms with Crippen molar-refractivity contribution < 1.29 is 24.8 Å². The Morgan fingerprint density at radius 2 is 1.89 bits per heavy atom. The monoisotopic (exact) mass is 269 g/mol. The Morgan fingerprint density at radius 3 is 2.47 bits per heavy atom. The first-order valence-electron chi connectivity index (χ1n) is 6.14. The van der Waals surface area contributed by atoms with E-state index in [1.165, 1.54) is 7.11 Å². The second-order valence-corrected chi connectivity index (χ2v) is 4.48. The molecule has 6 heteroatoms. The van der Waals surface area contributed by atoms with Gasteiger partial charge in [-0.1, -0.05) is 18.2 Å². The van der Waals surface area contributed by atoms with Crippen LogP contribution >= 0.6 is 0 Å². The molecule has 0 saturated carbocycles. The molecule has 0 unspecified atom stereocenters. The molecule has 0 amide bonds. The maximum atomic E-state index is 10.1. The highest BCUT2D eigenvalue weighted by Crippen LogP contribution is 2.24. The molecular formula is C13H19NO5. The van der Waals surface area contributed by atoms with E-state index in [1.54, 1.807) is 0 Å². The fourth-order valence-electron chi connectivity index (χ4n) is 2.18. The average molecular weight is 269 g/mol. The second kappa shape index (κ2) is 6.31. The van der Waals surface area contributed by atoms with Gasteiger partial charge in [0.1, 0.15) is 18.3 Å². The molecule has 1 aromatic rings. The maximum absolute atomic E-state index is 10.1. The first kappa shape index (κ1) is 14.2. The molecule has 1 aliphatic rings. The van der Waals surface area contributed by atoms with E-state index in [1.807, 2.05) is 30.3 Å². The van der Waals surface area contributed by atoms with Crippen LogP contribution in [0, 0.1) is 0 Å². The zero-order valence-corrected chi connectivity index (χ0v) is 10.6. The van der Waals surface area contributed by atoms with E-state index >= 15 is 0 Å². The molecule has 2 rings (SSSR count). The normalized spacial score (nSPS) is 35.1. The number of anilines is 1. The van der Waals surface area contributed by atoms with Gasteiger partial charge >= 0.3 is 0 Å². The Bertz CT molecular complexity index is 372. The number of ether oxygens (including phenoxy) is 2. The Kier molecular flexibility index (Phi) is 4.73. The molecule has 106 valence electrons. The molecular weight excluding hydrogens is 250 g/mol. The summed E-state index contributed by atoms with van der Waals surface area (Å²) in [5.74, 6) is 0. The molecule has 5 atom stereocenters. The molecule has 19 heavy (non-hydrogen) atoms. The van der Waals surface area contributed by atoms with Crippen molar-refractivity contribution in [2.45, 2.75) is 30.6 Å². The van der Waals surface area contributed by atoms with Crippen molar-refractivity contribution in [2.75, 3.05) is 19.0 Å². The summed E-state index contributed by atoms with van der Waals surface area (Å²) in [5.41, 5.74) is 0.763. The van der Waals surface area contributed by atoms with Gasteiger partial charge in [-0.25, -0.2) is 0 Å². The van der Waals surface area contributed by atoms with Crippen LogP contribution in [0.25, 0.3) is 0 Å². The third-order valence-corrected chi connectivity index (χ3v) is 3.22. The van der Waals surface area contributed by atoms with Gasteiger partial charge in [-0.15, -0.1) is 0 Å². The summed E-state index contributed by atoms with van der Waals surface area (Å²) in [6.45, 7) is -0.347. The van der Waals surface area contributed by atoms with Crippen molar-refractivity contribution in [3.63, 3.8) is 0 Å². The van der Waals surface area contributed by atoms with Gasteiger partial charge in [0, 0.05) is 12.8 Å². The molecule has 0 bridgehead atoms. The van der Waals surface area contributed by atoms with Crippen molar-refractivity contribution in [1.29, 1.82) is 0 Å². The smallest absolute Gasteiger partial charge is 0.185 e. The SMILES string of the molecule is CO[C@@H]1O[C@H](CO)[C@H](O)[C@H](Nc2ccccc2)[C@H]1O. The third-order valence-electron chi connectivity index (χ3n) is 3.22. The minimum Gasteiger partial charge on any atom is -0.394 e. The van der Waals surface area contributed by atoms with Crippen LogP contribution < -0.4 is 5.32 Å². The first-order chi connectivity index (χ1) is 9.17. The van der Waals surface area contributed by atoms with Gasteiger partial charge in [0.15, 0.2) is 6.29 Å². The number of hydrogen-bond acceptors (Lipinski definition) is 6. The van der Waals surface area contributed by atoms with Crippen molar-refractivity contribution in [2.24, 2.45) is 0 Å². The lowest BCUT2D eigenvalue weighted by Crippen LogP contribution is -2.61. The predicted molar refractivity (Wildman–Crippen MR) is 68.6 cm³/mol. The number of hydrogen-bond donors (Lipinski definition) is 4. The largest absolute Gasteiger partial charge is 0.394 e. The number of para-hydroxylation sites is 1. The molecule has 0 aromatic heterocycles. The Hall–Kier alpha value is -1.18. The van der Waals surface area contributed by atoms with Crippen LogP contribution in [-0.2, 0) is 9.47 Å². The summed E-state index contributed by atoms with van der Waals surface area (Å²) in [6.07, 6.45) is -3.76. The minimum atomic E-state index is -1.04. The summed E-state index contributed by atoms with van der Waals surface area (Å²) < 4.78 is 10.3. The van der Waals surface area contributed by atoms with Crippen LogP contribution in [0.3, 0.4) is 0 Å². The fraction of sp³-hybridized carbons (Fsp3) is 0.538. The van der Waals surface area contributed by atoms with Gasteiger partial charge in [-0.2, -0.15) is 0 Å². The Morgan fingerprint density at radius 1 is 1.21 bits per heavy atom. The number of benzene rings is 1. The molecule has 1 saturated heterocycles. The summed E-state index contributed by atoms with van der Waals surface area (Å²) in [4.78, 5) is 0. The Balaban J connectivity index is 2.15. The van der Waals surface area contributed by atoms with Gasteiger partial charge in [-0.05, 0) is 12.1 Å². The van der Waals surface area contributed by atoms with Crippen LogP contribution in [0.1, 0.15) is 0 Å². The van der Waals surface area contributed by atoms with E-state index in [0.717, 1.165) is 5.69 Å². The summed E-state index contributed by atoms with van der Waals surface area (Å²) >= 11 is 0. The van der Waals surface area contributed by atoms with Gasteiger partial charge in [0.2, 0.25) is 0 Å². The molecule has 6 nitrogen and oxygen atoms in total. The summed E-state index contributed by atoms with van der Waals surface area (Å²) in [5, 5.41) is 32.5. The zero-order valence-electron chi connectivity index (χ0n) is 10.6. The topological polar surface area (TPSA) is 91.2 Å². The molecule has 0 aliphatic carbocycles. The maximum Gasteiger partial charge on any atom is 0.185 e. The highest BCUT2D eigenvalue weighted by atomic mass is 16.7. The van der Waals surface area contributed by atoms with E-state index in [-0.39, 0.29) is 6.61 Å². The van der Waals surface area contributed by atoms with E-state index in [0.29, 0.717) is 0 Å². The average Bonchev–Trinajstić information content (AvgIpc) is 2.45. The van der Waals surface area contributed by atoms with Crippen LogP contribution in [0.5, 0.6) is 0 Å². The molecule has 1 aromatic carbocycles. The quantitative estimate of drug-likeness (QED) is 0.592. The second-order valence-electron chi connectivity index (χ2n) is 4.48. The first-order valence-corrected chi connectivity index (χ1v) is 6.14. The molecule has 0 spiro atoms. The standard InChI is InChI=1S/C13H19NO5/c1-18-13-12(17)10(11(16)9(7-15)19-13)14-8-5-3-2-4-6-8/h2-6,9-17H,7H2,1H3/t9-,10+,11+,12-,13-/m1/s1. The lowest BCUT2D eigenvalue weighted by molar-refractivity contribution is -0.265. The lowest BCUT2D eigenvalue weighted by atomic mass is 9.96. The predicted octanol–water partition coefficient (Wildman–Crippen LogP) is -0.448. The highest BCUT2D eigenvalue weighted by molar-refractivity contribution is 5.44. The van der Waals surface area contributed by atoms with Crippen LogP contribution in [0.15, 0.2) is 30.3 Å². The van der Waals surface area contributed by atoms with E-state index in [9.17, 15) is 15.3 Å². The highest BCUT2D eigenvalue weighted by Gasteiger charge is 2.44. The molecule has 0 radical (unpaired) electrons. The van der Waals surface area contributed by atoms with E-state index in [2.05, 4.69) is 5.32 Å². The molecule has 1 heterocycles. The van der Waals surface area contributed by atoms with Crippen LogP contribution in [0.2, 0.25) is 0 Å².